The lowest BCUT2D eigenvalue weighted by Crippen LogP contribution is -2.57. The average Bonchev–Trinajstić information content (AvgIpc) is 2.70. The molecule has 11 nitrogen and oxygen atoms in total. The lowest BCUT2D eigenvalue weighted by atomic mass is 10.0. The molecule has 0 spiro atoms. The summed E-state index contributed by atoms with van der Waals surface area (Å²) >= 11 is 0. The third-order valence-electron chi connectivity index (χ3n) is 4.78. The summed E-state index contributed by atoms with van der Waals surface area (Å²) in [6.07, 6.45) is 1.98. The molecule has 4 unspecified atom stereocenters. The second-order valence-electron chi connectivity index (χ2n) is 8.85. The summed E-state index contributed by atoms with van der Waals surface area (Å²) in [6, 6.07) is -4.20. The van der Waals surface area contributed by atoms with Crippen molar-refractivity contribution in [3.8, 4) is 0 Å². The number of unbranched alkanes of at least 4 members (excludes halogenated alkanes) is 1. The summed E-state index contributed by atoms with van der Waals surface area (Å²) in [4.78, 5) is 49.4. The van der Waals surface area contributed by atoms with Crippen LogP contribution in [0.25, 0.3) is 0 Å². The van der Waals surface area contributed by atoms with Gasteiger partial charge in [0.1, 0.15) is 24.2 Å². The van der Waals surface area contributed by atoms with Gasteiger partial charge in [-0.25, -0.2) is 4.79 Å². The van der Waals surface area contributed by atoms with E-state index < -0.39 is 54.5 Å². The second kappa shape index (κ2) is 15.5. The van der Waals surface area contributed by atoms with Crippen molar-refractivity contribution in [2.75, 3.05) is 13.2 Å². The Balaban J connectivity index is 5.46. The minimum Gasteiger partial charge on any atom is -0.480 e. The molecule has 0 saturated carbocycles. The molecular weight excluding hydrogens is 418 g/mol. The predicted octanol–water partition coefficient (Wildman–Crippen LogP) is -0.934. The number of nitrogens with one attached hydrogen (secondary N) is 3. The molecule has 0 aromatic rings. The van der Waals surface area contributed by atoms with Gasteiger partial charge in [-0.3, -0.25) is 14.4 Å². The van der Waals surface area contributed by atoms with Crippen LogP contribution in [0.2, 0.25) is 0 Å². The van der Waals surface area contributed by atoms with E-state index in [0.717, 1.165) is 0 Å². The first-order valence-electron chi connectivity index (χ1n) is 11.1. The topological polar surface area (TPSA) is 197 Å². The zero-order valence-corrected chi connectivity index (χ0v) is 19.6. The van der Waals surface area contributed by atoms with Gasteiger partial charge in [0.2, 0.25) is 17.7 Å². The van der Waals surface area contributed by atoms with Gasteiger partial charge >= 0.3 is 5.97 Å². The summed E-state index contributed by atoms with van der Waals surface area (Å²) in [7, 11) is 0. The number of nitrogens with two attached hydrogens (primary N) is 2. The van der Waals surface area contributed by atoms with E-state index in [0.29, 0.717) is 19.4 Å². The fourth-order valence-electron chi connectivity index (χ4n) is 3.06. The second-order valence-corrected chi connectivity index (χ2v) is 8.85. The number of amides is 3. The molecule has 0 aromatic heterocycles. The lowest BCUT2D eigenvalue weighted by molar-refractivity contribution is -0.143. The van der Waals surface area contributed by atoms with Crippen molar-refractivity contribution in [3.05, 3.63) is 0 Å². The van der Waals surface area contributed by atoms with E-state index in [1.165, 1.54) is 0 Å². The van der Waals surface area contributed by atoms with Gasteiger partial charge in [-0.05, 0) is 50.5 Å². The summed E-state index contributed by atoms with van der Waals surface area (Å²) in [5.41, 5.74) is 11.0. The number of hydrogen-bond donors (Lipinski definition) is 7. The van der Waals surface area contributed by atoms with E-state index in [2.05, 4.69) is 16.0 Å². The van der Waals surface area contributed by atoms with Crippen molar-refractivity contribution in [1.82, 2.24) is 16.0 Å². The first-order chi connectivity index (χ1) is 14.9. The summed E-state index contributed by atoms with van der Waals surface area (Å²) < 4.78 is 0. The maximum atomic E-state index is 12.9. The molecule has 186 valence electrons. The molecule has 0 radical (unpaired) electrons. The van der Waals surface area contributed by atoms with E-state index >= 15 is 0 Å². The molecular formula is C21H41N5O6. The molecule has 0 aliphatic rings. The molecule has 11 heteroatoms. The Morgan fingerprint density at radius 2 is 1.25 bits per heavy atom. The number of rotatable bonds is 16. The van der Waals surface area contributed by atoms with Gasteiger partial charge in [-0.1, -0.05) is 27.7 Å². The van der Waals surface area contributed by atoms with Crippen LogP contribution in [0, 0.1) is 11.8 Å². The van der Waals surface area contributed by atoms with Crippen molar-refractivity contribution >= 4 is 23.7 Å². The van der Waals surface area contributed by atoms with Crippen molar-refractivity contribution in [2.45, 2.75) is 84.0 Å². The standard InChI is InChI=1S/C21H41N5O6/c1-12(2)9-16(25-18(28)14(23)11-27)20(30)24-15(7-5-6-8-22)19(29)26-17(21(31)32)10-13(3)4/h12-17,27H,5-11,22-23H2,1-4H3,(H,24,30)(H,25,28)(H,26,29)(H,31,32). The van der Waals surface area contributed by atoms with Crippen molar-refractivity contribution in [3.63, 3.8) is 0 Å². The number of carboxylic acids is 1. The average molecular weight is 460 g/mol. The van der Waals surface area contributed by atoms with Crippen LogP contribution in [0.3, 0.4) is 0 Å². The van der Waals surface area contributed by atoms with E-state index in [1.807, 2.05) is 27.7 Å². The van der Waals surface area contributed by atoms with Crippen LogP contribution >= 0.6 is 0 Å². The third kappa shape index (κ3) is 12.0. The maximum absolute atomic E-state index is 12.9. The molecule has 0 aliphatic heterocycles. The van der Waals surface area contributed by atoms with Crippen molar-refractivity contribution in [2.24, 2.45) is 23.3 Å². The Kier molecular flexibility index (Phi) is 14.5. The summed E-state index contributed by atoms with van der Waals surface area (Å²) in [6.45, 7) is 7.27. The predicted molar refractivity (Wildman–Crippen MR) is 120 cm³/mol. The highest BCUT2D eigenvalue weighted by atomic mass is 16.4. The number of carbonyl (C=O) groups is 4. The largest absolute Gasteiger partial charge is 0.480 e. The molecule has 3 amide bonds. The molecule has 4 atom stereocenters. The number of carboxylic acid groups (broad SMARTS) is 1. The fourth-order valence-corrected chi connectivity index (χ4v) is 3.06. The van der Waals surface area contributed by atoms with Crippen molar-refractivity contribution in [1.29, 1.82) is 0 Å². The van der Waals surface area contributed by atoms with Crippen LogP contribution in [0.15, 0.2) is 0 Å². The third-order valence-corrected chi connectivity index (χ3v) is 4.78. The summed E-state index contributed by atoms with van der Waals surface area (Å²) in [5.74, 6) is -2.93. The minimum absolute atomic E-state index is 0.0445. The van der Waals surface area contributed by atoms with Crippen molar-refractivity contribution < 1.29 is 29.4 Å². The first kappa shape index (κ1) is 29.8. The Morgan fingerprint density at radius 3 is 1.72 bits per heavy atom. The molecule has 9 N–H and O–H groups in total. The highest BCUT2D eigenvalue weighted by Crippen LogP contribution is 2.10. The van der Waals surface area contributed by atoms with E-state index in [-0.39, 0.29) is 31.1 Å². The van der Waals surface area contributed by atoms with Gasteiger partial charge in [-0.15, -0.1) is 0 Å². The Bertz CT molecular complexity index is 613. The SMILES string of the molecule is CC(C)CC(NC(=O)C(CCCCN)NC(=O)C(CC(C)C)NC(=O)C(N)CO)C(=O)O. The van der Waals surface area contributed by atoms with Gasteiger partial charge in [-0.2, -0.15) is 0 Å². The molecule has 0 aromatic carbocycles. The molecule has 32 heavy (non-hydrogen) atoms. The molecule has 0 aliphatic carbocycles. The normalized spacial score (nSPS) is 15.0. The number of carbonyl (C=O) groups excluding carboxylic acids is 3. The first-order valence-corrected chi connectivity index (χ1v) is 11.1. The molecule has 0 heterocycles. The zero-order chi connectivity index (χ0) is 24.8. The van der Waals surface area contributed by atoms with Crippen LogP contribution in [0.4, 0.5) is 0 Å². The van der Waals surface area contributed by atoms with Crippen LogP contribution in [-0.4, -0.2) is 71.2 Å². The Hall–Kier alpha value is -2.24. The van der Waals surface area contributed by atoms with E-state index in [9.17, 15) is 24.3 Å². The van der Waals surface area contributed by atoms with Gasteiger partial charge in [0.05, 0.1) is 6.61 Å². The molecule has 0 bridgehead atoms. The monoisotopic (exact) mass is 459 g/mol. The molecule has 0 rings (SSSR count). The zero-order valence-electron chi connectivity index (χ0n) is 19.6. The van der Waals surface area contributed by atoms with E-state index in [1.54, 1.807) is 0 Å². The molecule has 0 saturated heterocycles. The Labute approximate surface area is 190 Å². The van der Waals surface area contributed by atoms with Crippen LogP contribution < -0.4 is 27.4 Å². The number of aliphatic carboxylic acids is 1. The van der Waals surface area contributed by atoms with Gasteiger partial charge in [0.25, 0.3) is 0 Å². The fraction of sp³-hybridized carbons (Fsp3) is 0.810. The number of aliphatic hydroxyl groups excluding tert-OH is 1. The lowest BCUT2D eigenvalue weighted by Gasteiger charge is -2.26. The number of hydrogen-bond acceptors (Lipinski definition) is 7. The van der Waals surface area contributed by atoms with Crippen LogP contribution in [0.5, 0.6) is 0 Å². The highest BCUT2D eigenvalue weighted by molar-refractivity contribution is 5.94. The van der Waals surface area contributed by atoms with Gasteiger partial charge < -0.3 is 37.6 Å². The molecule has 0 fully saturated rings. The minimum atomic E-state index is -1.17. The van der Waals surface area contributed by atoms with Gasteiger partial charge in [0.15, 0.2) is 0 Å². The maximum Gasteiger partial charge on any atom is 0.326 e. The van der Waals surface area contributed by atoms with E-state index in [4.69, 9.17) is 16.6 Å². The smallest absolute Gasteiger partial charge is 0.326 e. The highest BCUT2D eigenvalue weighted by Gasteiger charge is 2.30. The quantitative estimate of drug-likeness (QED) is 0.144. The summed E-state index contributed by atoms with van der Waals surface area (Å²) in [5, 5.41) is 26.1. The van der Waals surface area contributed by atoms with Crippen LogP contribution in [-0.2, 0) is 19.2 Å². The van der Waals surface area contributed by atoms with Gasteiger partial charge in [0, 0.05) is 0 Å². The number of aliphatic hydroxyl groups is 1. The van der Waals surface area contributed by atoms with Crippen LogP contribution in [0.1, 0.15) is 59.8 Å². The Morgan fingerprint density at radius 1 is 0.781 bits per heavy atom.